The van der Waals surface area contributed by atoms with E-state index < -0.39 is 42.5 Å². The molecular weight excluding hydrogens is 247 g/mol. The summed E-state index contributed by atoms with van der Waals surface area (Å²) >= 11 is -0.676. The third-order valence-electron chi connectivity index (χ3n) is 2.09. The van der Waals surface area contributed by atoms with Crippen molar-refractivity contribution in [2.45, 2.75) is 0 Å². The molecule has 2 rings (SSSR count). The van der Waals surface area contributed by atoms with Crippen LogP contribution in [0.2, 0.25) is 0 Å². The number of rotatable bonds is 2. The van der Waals surface area contributed by atoms with Gasteiger partial charge in [-0.2, -0.15) is 0 Å². The molecule has 0 atom stereocenters. The van der Waals surface area contributed by atoms with Gasteiger partial charge >= 0.3 is 107 Å². The van der Waals surface area contributed by atoms with Crippen molar-refractivity contribution in [3.8, 4) is 0 Å². The van der Waals surface area contributed by atoms with Gasteiger partial charge in [0.05, 0.1) is 0 Å². The van der Waals surface area contributed by atoms with E-state index in [1.807, 2.05) is 0 Å². The molecule has 0 heterocycles. The summed E-state index contributed by atoms with van der Waals surface area (Å²) in [4.78, 5) is 6.99. The molecular formula is C12H11CaO2P. The van der Waals surface area contributed by atoms with Gasteiger partial charge in [0, 0.05) is 0 Å². The van der Waals surface area contributed by atoms with Crippen molar-refractivity contribution in [3.05, 3.63) is 60.7 Å². The molecule has 4 heteroatoms. The molecule has 16 heavy (non-hydrogen) atoms. The van der Waals surface area contributed by atoms with Crippen LogP contribution < -0.4 is 3.32 Å². The standard InChI is InChI=1S/2C6H5.Ca.HO2P/c2*1-2-4-6-5-3-1;;1-3-2/h2*1-5H;;(H,1,2). The second-order valence-corrected chi connectivity index (χ2v) is 6.50. The fourth-order valence-electron chi connectivity index (χ4n) is 1.43. The molecule has 1 N–H and O–H groups in total. The topological polar surface area (TPSA) is 37.3 Å². The Morgan fingerprint density at radius 2 is 1.12 bits per heavy atom. The van der Waals surface area contributed by atoms with E-state index >= 15 is 0 Å². The molecule has 0 aliphatic carbocycles. The van der Waals surface area contributed by atoms with Crippen LogP contribution in [-0.4, -0.2) is 38.7 Å². The number of benzene rings is 2. The molecule has 0 aromatic heterocycles. The molecule has 2 aromatic carbocycles. The zero-order valence-corrected chi connectivity index (χ0v) is 11.9. The summed E-state index contributed by atoms with van der Waals surface area (Å²) in [5, 5.41) is 0. The third-order valence-corrected chi connectivity index (χ3v) is 4.84. The van der Waals surface area contributed by atoms with Crippen molar-refractivity contribution in [3.63, 3.8) is 0 Å². The van der Waals surface area contributed by atoms with Crippen molar-refractivity contribution in [2.24, 2.45) is 0 Å². The van der Waals surface area contributed by atoms with Gasteiger partial charge < -0.3 is 4.89 Å². The van der Waals surface area contributed by atoms with E-state index in [1.54, 1.807) is 3.32 Å². The van der Waals surface area contributed by atoms with Crippen molar-refractivity contribution < 1.29 is 9.46 Å². The second kappa shape index (κ2) is 8.86. The van der Waals surface area contributed by atoms with Crippen molar-refractivity contribution >= 4 is 45.8 Å². The fourth-order valence-corrected chi connectivity index (χ4v) is 3.75. The minimum absolute atomic E-state index is 0.676. The Bertz CT molecular complexity index is 368. The number of hydrogen-bond acceptors (Lipinski definition) is 1. The van der Waals surface area contributed by atoms with Gasteiger partial charge in [0.25, 0.3) is 0 Å². The Morgan fingerprint density at radius 1 is 0.812 bits per heavy atom. The van der Waals surface area contributed by atoms with Crippen molar-refractivity contribution in [1.29, 1.82) is 0 Å². The van der Waals surface area contributed by atoms with Gasteiger partial charge in [-0.3, -0.25) is 0 Å². The molecule has 0 aliphatic rings. The van der Waals surface area contributed by atoms with Crippen LogP contribution in [-0.2, 0) is 4.57 Å². The molecule has 0 saturated carbocycles. The first-order chi connectivity index (χ1) is 7.86. The SMILES string of the molecule is O=PO.c1cc[c]([Ca][c]2ccccc2)cc1. The van der Waals surface area contributed by atoms with Gasteiger partial charge in [0.1, 0.15) is 0 Å². The first kappa shape index (κ1) is 13.8. The van der Waals surface area contributed by atoms with Crippen molar-refractivity contribution in [2.75, 3.05) is 0 Å². The van der Waals surface area contributed by atoms with Crippen molar-refractivity contribution in [1.82, 2.24) is 0 Å². The minimum atomic E-state index is -0.833. The van der Waals surface area contributed by atoms with Gasteiger partial charge in [-0.1, -0.05) is 0 Å². The molecule has 0 bridgehead atoms. The van der Waals surface area contributed by atoms with Gasteiger partial charge in [-0.25, -0.2) is 4.57 Å². The quantitative estimate of drug-likeness (QED) is 0.655. The zero-order valence-electron chi connectivity index (χ0n) is 8.78. The molecule has 0 fully saturated rings. The molecule has 78 valence electrons. The molecule has 0 amide bonds. The monoisotopic (exact) mass is 258 g/mol. The Labute approximate surface area is 115 Å². The first-order valence-electron chi connectivity index (χ1n) is 4.91. The van der Waals surface area contributed by atoms with Crippen LogP contribution in [0.1, 0.15) is 0 Å². The maximum absolute atomic E-state index is 8.46. The summed E-state index contributed by atoms with van der Waals surface area (Å²) in [5.74, 6) is 0. The summed E-state index contributed by atoms with van der Waals surface area (Å²) in [5.41, 5.74) is 0. The fraction of sp³-hybridized carbons (Fsp3) is 0. The Morgan fingerprint density at radius 3 is 1.44 bits per heavy atom. The van der Waals surface area contributed by atoms with Gasteiger partial charge in [-0.15, -0.1) is 0 Å². The van der Waals surface area contributed by atoms with E-state index in [0.29, 0.717) is 0 Å². The third kappa shape index (κ3) is 5.74. The molecule has 0 aliphatic heterocycles. The normalized spacial score (nSPS) is 8.81. The molecule has 2 aromatic rings. The van der Waals surface area contributed by atoms with Crippen LogP contribution in [0.15, 0.2) is 60.7 Å². The number of hydrogen-bond donors (Lipinski definition) is 1. The second-order valence-electron chi connectivity index (χ2n) is 3.23. The zero-order chi connectivity index (χ0) is 11.6. The van der Waals surface area contributed by atoms with E-state index in [9.17, 15) is 0 Å². The van der Waals surface area contributed by atoms with Crippen LogP contribution >= 0.6 is 8.69 Å². The van der Waals surface area contributed by atoms with E-state index in [2.05, 4.69) is 60.7 Å². The average molecular weight is 258 g/mol. The summed E-state index contributed by atoms with van der Waals surface area (Å²) in [6.45, 7) is 0. The van der Waals surface area contributed by atoms with Crippen LogP contribution in [0.5, 0.6) is 0 Å². The van der Waals surface area contributed by atoms with Crippen LogP contribution in [0.3, 0.4) is 0 Å². The van der Waals surface area contributed by atoms with E-state index in [0.717, 1.165) is 0 Å². The van der Waals surface area contributed by atoms with E-state index in [1.165, 1.54) is 0 Å². The predicted molar refractivity (Wildman–Crippen MR) is 67.7 cm³/mol. The summed E-state index contributed by atoms with van der Waals surface area (Å²) in [6.07, 6.45) is 0. The van der Waals surface area contributed by atoms with Gasteiger partial charge in [-0.05, 0) is 0 Å². The predicted octanol–water partition coefficient (Wildman–Crippen LogP) is 1.53. The summed E-state index contributed by atoms with van der Waals surface area (Å²) < 4.78 is 11.6. The molecule has 2 nitrogen and oxygen atoms in total. The Kier molecular flexibility index (Phi) is 7.65. The molecule has 0 saturated heterocycles. The van der Waals surface area contributed by atoms with Crippen LogP contribution in [0.4, 0.5) is 0 Å². The first-order valence-corrected chi connectivity index (χ1v) is 7.88. The van der Waals surface area contributed by atoms with E-state index in [-0.39, 0.29) is 0 Å². The summed E-state index contributed by atoms with van der Waals surface area (Å²) in [7, 11) is -0.833. The molecule has 0 unspecified atom stereocenters. The van der Waals surface area contributed by atoms with Crippen LogP contribution in [0.25, 0.3) is 0 Å². The Hall–Kier alpha value is -0.240. The van der Waals surface area contributed by atoms with E-state index in [4.69, 9.17) is 9.46 Å². The maximum atomic E-state index is 8.46. The summed E-state index contributed by atoms with van der Waals surface area (Å²) in [6, 6.07) is 21.6. The van der Waals surface area contributed by atoms with Gasteiger partial charge in [0.15, 0.2) is 0 Å². The average Bonchev–Trinajstić information content (AvgIpc) is 2.33. The molecule has 0 radical (unpaired) electrons. The van der Waals surface area contributed by atoms with Gasteiger partial charge in [0.2, 0.25) is 0 Å². The Balaban J connectivity index is 0.000000386. The molecule has 0 spiro atoms. The van der Waals surface area contributed by atoms with Crippen LogP contribution in [0, 0.1) is 0 Å².